The molecular formula is C22H27N5O3S. The molecule has 0 radical (unpaired) electrons. The quantitative estimate of drug-likeness (QED) is 0.632. The van der Waals surface area contributed by atoms with Crippen LogP contribution in [0.25, 0.3) is 11.0 Å². The minimum absolute atomic E-state index is 0.113. The maximum Gasteiger partial charge on any atom is 0.322 e. The fourth-order valence-corrected chi connectivity index (χ4v) is 4.92. The van der Waals surface area contributed by atoms with Gasteiger partial charge in [-0.1, -0.05) is 18.2 Å². The summed E-state index contributed by atoms with van der Waals surface area (Å²) in [4.78, 5) is 20.0. The molecule has 2 N–H and O–H groups in total. The second-order valence-electron chi connectivity index (χ2n) is 7.67. The maximum atomic E-state index is 13.2. The monoisotopic (exact) mass is 441 g/mol. The average Bonchev–Trinajstić information content (AvgIpc) is 3.39. The van der Waals surface area contributed by atoms with Crippen LogP contribution in [0.15, 0.2) is 47.4 Å². The van der Waals surface area contributed by atoms with E-state index in [4.69, 9.17) is 4.98 Å². The number of nitrogens with zero attached hydrogens (tertiary/aromatic N) is 3. The lowest BCUT2D eigenvalue weighted by molar-refractivity contribution is 0.204. The molecule has 4 rings (SSSR count). The molecular weight excluding hydrogens is 414 g/mol. The van der Waals surface area contributed by atoms with Gasteiger partial charge in [0.25, 0.3) is 0 Å². The van der Waals surface area contributed by atoms with Crippen molar-refractivity contribution in [1.82, 2.24) is 19.2 Å². The Morgan fingerprint density at radius 2 is 2.00 bits per heavy atom. The van der Waals surface area contributed by atoms with Crippen LogP contribution < -0.4 is 10.0 Å². The number of carbonyl (C=O) groups is 1. The van der Waals surface area contributed by atoms with Crippen LogP contribution in [-0.4, -0.2) is 42.5 Å². The van der Waals surface area contributed by atoms with Crippen molar-refractivity contribution in [3.05, 3.63) is 53.9 Å². The van der Waals surface area contributed by atoms with Crippen molar-refractivity contribution in [1.29, 1.82) is 0 Å². The molecule has 0 spiro atoms. The summed E-state index contributed by atoms with van der Waals surface area (Å²) in [6.07, 6.45) is 1.72. The van der Waals surface area contributed by atoms with E-state index in [0.717, 1.165) is 41.8 Å². The van der Waals surface area contributed by atoms with Gasteiger partial charge in [0.1, 0.15) is 5.82 Å². The zero-order valence-corrected chi connectivity index (χ0v) is 18.7. The van der Waals surface area contributed by atoms with Gasteiger partial charge in [-0.3, -0.25) is 0 Å². The number of urea groups is 1. The first-order valence-electron chi connectivity index (χ1n) is 10.4. The molecule has 0 bridgehead atoms. The number of aryl methyl sites for hydroxylation is 2. The molecule has 0 aliphatic carbocycles. The van der Waals surface area contributed by atoms with E-state index in [1.165, 1.54) is 19.2 Å². The van der Waals surface area contributed by atoms with Gasteiger partial charge < -0.3 is 14.8 Å². The Balaban J connectivity index is 1.64. The summed E-state index contributed by atoms with van der Waals surface area (Å²) in [5.41, 5.74) is 3.26. The molecule has 164 valence electrons. The molecule has 1 unspecified atom stereocenters. The van der Waals surface area contributed by atoms with Gasteiger partial charge in [0.05, 0.1) is 22.0 Å². The fraction of sp³-hybridized carbons (Fsp3) is 0.364. The van der Waals surface area contributed by atoms with Crippen LogP contribution in [0.5, 0.6) is 0 Å². The van der Waals surface area contributed by atoms with Crippen LogP contribution in [0.4, 0.5) is 10.5 Å². The maximum absolute atomic E-state index is 13.2. The zero-order valence-electron chi connectivity index (χ0n) is 17.9. The highest BCUT2D eigenvalue weighted by Crippen LogP contribution is 2.34. The number of aromatic nitrogens is 2. The highest BCUT2D eigenvalue weighted by molar-refractivity contribution is 7.89. The first-order valence-corrected chi connectivity index (χ1v) is 11.9. The lowest BCUT2D eigenvalue weighted by Gasteiger charge is -2.25. The standard InChI is InChI=1S/C22H27N5O3S/c1-4-26-19-9-6-5-8-17(19)24-21(26)20-10-7-13-27(20)22(28)25-18-14-16(12-11-15(18)2)31(29,30)23-3/h5-6,8-9,11-12,14,20,23H,4,7,10,13H2,1-3H3,(H,25,28). The number of hydrogen-bond acceptors (Lipinski definition) is 4. The first-order chi connectivity index (χ1) is 14.9. The van der Waals surface area contributed by atoms with Crippen LogP contribution in [0.2, 0.25) is 0 Å². The number of likely N-dealkylation sites (tertiary alicyclic amines) is 1. The van der Waals surface area contributed by atoms with E-state index >= 15 is 0 Å². The molecule has 2 amide bonds. The van der Waals surface area contributed by atoms with Gasteiger partial charge in [-0.25, -0.2) is 22.9 Å². The number of anilines is 1. The topological polar surface area (TPSA) is 96.3 Å². The largest absolute Gasteiger partial charge is 0.327 e. The number of fused-ring (bicyclic) bond motifs is 1. The molecule has 1 aromatic heterocycles. The Labute approximate surface area is 182 Å². The average molecular weight is 442 g/mol. The Morgan fingerprint density at radius 1 is 1.23 bits per heavy atom. The summed E-state index contributed by atoms with van der Waals surface area (Å²) < 4.78 is 28.8. The van der Waals surface area contributed by atoms with Crippen LogP contribution in [0.3, 0.4) is 0 Å². The summed E-state index contributed by atoms with van der Waals surface area (Å²) in [7, 11) is -2.23. The highest BCUT2D eigenvalue weighted by atomic mass is 32.2. The Hall–Kier alpha value is -2.91. The molecule has 9 heteroatoms. The van der Waals surface area contributed by atoms with Gasteiger partial charge in [-0.05, 0) is 63.6 Å². The van der Waals surface area contributed by atoms with Crippen LogP contribution in [-0.2, 0) is 16.6 Å². The van der Waals surface area contributed by atoms with Crippen molar-refractivity contribution < 1.29 is 13.2 Å². The number of sulfonamides is 1. The molecule has 1 aliphatic rings. The molecule has 1 atom stereocenters. The van der Waals surface area contributed by atoms with E-state index < -0.39 is 10.0 Å². The predicted molar refractivity (Wildman–Crippen MR) is 121 cm³/mol. The summed E-state index contributed by atoms with van der Waals surface area (Å²) in [5.74, 6) is 0.889. The Bertz CT molecular complexity index is 1240. The molecule has 31 heavy (non-hydrogen) atoms. The number of imidazole rings is 1. The number of amides is 2. The fourth-order valence-electron chi connectivity index (χ4n) is 4.17. The number of para-hydroxylation sites is 2. The van der Waals surface area contributed by atoms with Gasteiger partial charge >= 0.3 is 6.03 Å². The molecule has 3 aromatic rings. The van der Waals surface area contributed by atoms with Crippen molar-refractivity contribution in [2.24, 2.45) is 0 Å². The SMILES string of the molecule is CCn1c(C2CCCN2C(=O)Nc2cc(S(=O)(=O)NC)ccc2C)nc2ccccc21. The second-order valence-corrected chi connectivity index (χ2v) is 9.56. The molecule has 0 saturated carbocycles. The predicted octanol–water partition coefficient (Wildman–Crippen LogP) is 3.64. The summed E-state index contributed by atoms with van der Waals surface area (Å²) >= 11 is 0. The minimum atomic E-state index is -3.60. The van der Waals surface area contributed by atoms with Crippen LogP contribution in [0, 0.1) is 6.92 Å². The second kappa shape index (κ2) is 8.32. The Kier molecular flexibility index (Phi) is 5.72. The Morgan fingerprint density at radius 3 is 2.74 bits per heavy atom. The van der Waals surface area contributed by atoms with Crippen molar-refractivity contribution in [3.8, 4) is 0 Å². The normalized spacial score (nSPS) is 16.7. The number of hydrogen-bond donors (Lipinski definition) is 2. The molecule has 1 aliphatic heterocycles. The van der Waals surface area contributed by atoms with E-state index in [1.807, 2.05) is 31.2 Å². The number of nitrogens with one attached hydrogen (secondary N) is 2. The van der Waals surface area contributed by atoms with Gasteiger partial charge in [-0.15, -0.1) is 0 Å². The van der Waals surface area contributed by atoms with E-state index in [2.05, 4.69) is 21.5 Å². The van der Waals surface area contributed by atoms with E-state index in [-0.39, 0.29) is 17.0 Å². The molecule has 8 nitrogen and oxygen atoms in total. The molecule has 2 aromatic carbocycles. The van der Waals surface area contributed by atoms with Gasteiger partial charge in [0.2, 0.25) is 10.0 Å². The van der Waals surface area contributed by atoms with E-state index in [1.54, 1.807) is 11.0 Å². The third-order valence-corrected chi connectivity index (χ3v) is 7.25. The van der Waals surface area contributed by atoms with Crippen molar-refractivity contribution >= 4 is 32.8 Å². The minimum Gasteiger partial charge on any atom is -0.327 e. The molecule has 1 saturated heterocycles. The van der Waals surface area contributed by atoms with Gasteiger partial charge in [0.15, 0.2) is 0 Å². The zero-order chi connectivity index (χ0) is 22.2. The van der Waals surface area contributed by atoms with Crippen molar-refractivity contribution in [3.63, 3.8) is 0 Å². The van der Waals surface area contributed by atoms with Gasteiger partial charge in [0, 0.05) is 18.8 Å². The summed E-state index contributed by atoms with van der Waals surface area (Å²) in [5, 5.41) is 2.92. The van der Waals surface area contributed by atoms with Crippen LogP contribution in [0.1, 0.15) is 37.2 Å². The lowest BCUT2D eigenvalue weighted by atomic mass is 10.2. The lowest BCUT2D eigenvalue weighted by Crippen LogP contribution is -2.35. The number of benzene rings is 2. The third-order valence-electron chi connectivity index (χ3n) is 5.84. The first kappa shape index (κ1) is 21.3. The summed E-state index contributed by atoms with van der Waals surface area (Å²) in [6, 6.07) is 12.3. The molecule has 2 heterocycles. The molecule has 1 fully saturated rings. The summed E-state index contributed by atoms with van der Waals surface area (Å²) in [6.45, 7) is 5.30. The van der Waals surface area contributed by atoms with E-state index in [0.29, 0.717) is 12.2 Å². The number of carbonyl (C=O) groups excluding carboxylic acids is 1. The van der Waals surface area contributed by atoms with Crippen molar-refractivity contribution in [2.45, 2.75) is 44.2 Å². The highest BCUT2D eigenvalue weighted by Gasteiger charge is 2.34. The van der Waals surface area contributed by atoms with E-state index in [9.17, 15) is 13.2 Å². The van der Waals surface area contributed by atoms with Gasteiger partial charge in [-0.2, -0.15) is 0 Å². The smallest absolute Gasteiger partial charge is 0.322 e. The van der Waals surface area contributed by atoms with Crippen molar-refractivity contribution in [2.75, 3.05) is 18.9 Å². The number of rotatable bonds is 5. The third kappa shape index (κ3) is 3.90. The van der Waals surface area contributed by atoms with Crippen LogP contribution >= 0.6 is 0 Å².